The summed E-state index contributed by atoms with van der Waals surface area (Å²) in [6.07, 6.45) is 1.57. The van der Waals surface area contributed by atoms with Gasteiger partial charge in [0.15, 0.2) is 5.82 Å². The number of nitrogens with zero attached hydrogens (tertiary/aromatic N) is 3. The van der Waals surface area contributed by atoms with Crippen LogP contribution < -0.4 is 5.32 Å². The van der Waals surface area contributed by atoms with Gasteiger partial charge in [0.25, 0.3) is 0 Å². The zero-order valence-electron chi connectivity index (χ0n) is 12.5. The lowest BCUT2D eigenvalue weighted by atomic mass is 10.1. The maximum absolute atomic E-state index is 12.4. The van der Waals surface area contributed by atoms with Crippen molar-refractivity contribution >= 4 is 23.5 Å². The van der Waals surface area contributed by atoms with E-state index in [9.17, 15) is 4.79 Å². The van der Waals surface area contributed by atoms with Crippen LogP contribution in [-0.4, -0.2) is 21.3 Å². The number of hydrogen-bond acceptors (Lipinski definition) is 6. The third kappa shape index (κ3) is 4.09. The largest absolute Gasteiger partial charge is 0.360 e. The summed E-state index contributed by atoms with van der Waals surface area (Å²) in [5.41, 5.74) is 0.521. The predicted octanol–water partition coefficient (Wildman–Crippen LogP) is 3.01. The summed E-state index contributed by atoms with van der Waals surface area (Å²) >= 11 is 1.33. The number of nitriles is 1. The minimum absolute atomic E-state index is 0.0885. The minimum Gasteiger partial charge on any atom is -0.360 e. The number of anilines is 1. The normalized spacial score (nSPS) is 12.0. The van der Waals surface area contributed by atoms with Crippen molar-refractivity contribution in [1.82, 2.24) is 10.1 Å². The van der Waals surface area contributed by atoms with Crippen molar-refractivity contribution in [1.29, 1.82) is 5.26 Å². The van der Waals surface area contributed by atoms with Gasteiger partial charge in [-0.05, 0) is 25.0 Å². The molecule has 0 aliphatic heterocycles. The lowest BCUT2D eigenvalue weighted by molar-refractivity contribution is -0.116. The molecule has 0 aromatic carbocycles. The second-order valence-corrected chi connectivity index (χ2v) is 6.25. The summed E-state index contributed by atoms with van der Waals surface area (Å²) in [6, 6.07) is 7.03. The van der Waals surface area contributed by atoms with Crippen molar-refractivity contribution < 1.29 is 9.32 Å². The quantitative estimate of drug-likeness (QED) is 0.852. The highest BCUT2D eigenvalue weighted by Gasteiger charge is 2.25. The van der Waals surface area contributed by atoms with Gasteiger partial charge in [0, 0.05) is 12.3 Å². The van der Waals surface area contributed by atoms with E-state index in [1.54, 1.807) is 31.3 Å². The Morgan fingerprint density at radius 2 is 2.23 bits per heavy atom. The first-order valence-electron chi connectivity index (χ1n) is 6.76. The number of aromatic nitrogens is 2. The van der Waals surface area contributed by atoms with Crippen molar-refractivity contribution in [3.05, 3.63) is 35.7 Å². The highest BCUT2D eigenvalue weighted by Crippen LogP contribution is 2.28. The highest BCUT2D eigenvalue weighted by atomic mass is 32.2. The molecular weight excluding hydrogens is 300 g/mol. The molecule has 1 amide bonds. The topological polar surface area (TPSA) is 91.8 Å². The van der Waals surface area contributed by atoms with Crippen LogP contribution in [0.15, 0.2) is 33.9 Å². The van der Waals surface area contributed by atoms with Crippen molar-refractivity contribution in [2.75, 3.05) is 5.32 Å². The molecule has 0 aliphatic carbocycles. The van der Waals surface area contributed by atoms with Gasteiger partial charge in [-0.2, -0.15) is 5.26 Å². The monoisotopic (exact) mass is 316 g/mol. The van der Waals surface area contributed by atoms with Crippen LogP contribution in [0, 0.1) is 24.2 Å². The zero-order chi connectivity index (χ0) is 16.1. The first kappa shape index (κ1) is 16.0. The number of hydrogen-bond donors (Lipinski definition) is 1. The fourth-order valence-corrected chi connectivity index (χ4v) is 2.80. The molecule has 114 valence electrons. The SMILES string of the molecule is Cc1cc(NC(=O)C(Sc2cc(C#N)ccn2)C(C)C)no1. The zero-order valence-corrected chi connectivity index (χ0v) is 13.3. The van der Waals surface area contributed by atoms with E-state index in [-0.39, 0.29) is 17.1 Å². The predicted molar refractivity (Wildman–Crippen MR) is 83.3 cm³/mol. The van der Waals surface area contributed by atoms with Crippen LogP contribution in [0.2, 0.25) is 0 Å². The Balaban J connectivity index is 2.12. The molecule has 0 saturated carbocycles. The van der Waals surface area contributed by atoms with Crippen molar-refractivity contribution in [2.45, 2.75) is 31.0 Å². The standard InChI is InChI=1S/C15H16N4O2S/c1-9(2)14(15(20)18-12-6-10(3)21-19-12)22-13-7-11(8-16)4-5-17-13/h4-7,9,14H,1-3H3,(H,18,19,20). The Bertz CT molecular complexity index is 706. The van der Waals surface area contributed by atoms with Gasteiger partial charge >= 0.3 is 0 Å². The fraction of sp³-hybridized carbons (Fsp3) is 0.333. The van der Waals surface area contributed by atoms with E-state index in [0.29, 0.717) is 22.2 Å². The van der Waals surface area contributed by atoms with Gasteiger partial charge in [-0.3, -0.25) is 4.79 Å². The summed E-state index contributed by atoms with van der Waals surface area (Å²) in [7, 11) is 0. The van der Waals surface area contributed by atoms with E-state index in [1.165, 1.54) is 11.8 Å². The average Bonchev–Trinajstić information content (AvgIpc) is 2.89. The Morgan fingerprint density at radius 1 is 1.45 bits per heavy atom. The molecule has 0 bridgehead atoms. The van der Waals surface area contributed by atoms with Crippen LogP contribution in [0.25, 0.3) is 0 Å². The smallest absolute Gasteiger partial charge is 0.239 e. The van der Waals surface area contributed by atoms with Crippen LogP contribution in [0.5, 0.6) is 0 Å². The third-order valence-corrected chi connectivity index (χ3v) is 4.33. The molecule has 2 rings (SSSR count). The van der Waals surface area contributed by atoms with Gasteiger partial charge in [-0.15, -0.1) is 0 Å². The first-order chi connectivity index (χ1) is 10.5. The maximum atomic E-state index is 12.4. The molecule has 7 heteroatoms. The van der Waals surface area contributed by atoms with E-state index in [4.69, 9.17) is 9.78 Å². The Labute approximate surface area is 132 Å². The van der Waals surface area contributed by atoms with E-state index < -0.39 is 0 Å². The minimum atomic E-state index is -0.349. The molecule has 6 nitrogen and oxygen atoms in total. The molecule has 2 aromatic rings. The Morgan fingerprint density at radius 3 is 2.82 bits per heavy atom. The van der Waals surface area contributed by atoms with E-state index in [1.807, 2.05) is 13.8 Å². The average molecular weight is 316 g/mol. The van der Waals surface area contributed by atoms with E-state index in [2.05, 4.69) is 21.5 Å². The summed E-state index contributed by atoms with van der Waals surface area (Å²) in [4.78, 5) is 16.6. The van der Waals surface area contributed by atoms with Crippen LogP contribution >= 0.6 is 11.8 Å². The fourth-order valence-electron chi connectivity index (χ4n) is 1.79. The van der Waals surface area contributed by atoms with Gasteiger partial charge in [0.05, 0.1) is 21.9 Å². The van der Waals surface area contributed by atoms with Gasteiger partial charge in [-0.25, -0.2) is 4.98 Å². The van der Waals surface area contributed by atoms with Gasteiger partial charge in [-0.1, -0.05) is 30.8 Å². The molecule has 0 spiro atoms. The molecule has 2 heterocycles. The van der Waals surface area contributed by atoms with Crippen molar-refractivity contribution in [3.8, 4) is 6.07 Å². The number of carbonyl (C=O) groups excluding carboxylic acids is 1. The van der Waals surface area contributed by atoms with E-state index >= 15 is 0 Å². The lowest BCUT2D eigenvalue weighted by Crippen LogP contribution is -2.29. The number of pyridine rings is 1. The number of rotatable bonds is 5. The van der Waals surface area contributed by atoms with Gasteiger partial charge in [0.1, 0.15) is 5.76 Å². The maximum Gasteiger partial charge on any atom is 0.239 e. The van der Waals surface area contributed by atoms with Crippen molar-refractivity contribution in [2.24, 2.45) is 5.92 Å². The molecule has 1 atom stereocenters. The molecule has 1 unspecified atom stereocenters. The van der Waals surface area contributed by atoms with Crippen LogP contribution in [-0.2, 0) is 4.79 Å². The Kier molecular flexibility index (Phi) is 5.17. The number of thioether (sulfide) groups is 1. The number of amides is 1. The molecule has 0 aliphatic rings. The summed E-state index contributed by atoms with van der Waals surface area (Å²) < 4.78 is 4.93. The van der Waals surface area contributed by atoms with Crippen LogP contribution in [0.3, 0.4) is 0 Å². The second kappa shape index (κ2) is 7.09. The number of nitrogens with one attached hydrogen (secondary N) is 1. The molecule has 0 fully saturated rings. The van der Waals surface area contributed by atoms with E-state index in [0.717, 1.165) is 0 Å². The van der Waals surface area contributed by atoms with Crippen LogP contribution in [0.1, 0.15) is 25.2 Å². The Hall–Kier alpha value is -2.33. The third-order valence-electron chi connectivity index (χ3n) is 2.85. The molecule has 0 saturated heterocycles. The molecule has 1 N–H and O–H groups in total. The summed E-state index contributed by atoms with van der Waals surface area (Å²) in [5.74, 6) is 0.947. The second-order valence-electron chi connectivity index (χ2n) is 5.09. The van der Waals surface area contributed by atoms with Crippen LogP contribution in [0.4, 0.5) is 5.82 Å². The molecule has 2 aromatic heterocycles. The highest BCUT2D eigenvalue weighted by molar-refractivity contribution is 8.00. The first-order valence-corrected chi connectivity index (χ1v) is 7.64. The lowest BCUT2D eigenvalue weighted by Gasteiger charge is -2.18. The number of carbonyl (C=O) groups is 1. The molecule has 22 heavy (non-hydrogen) atoms. The van der Waals surface area contributed by atoms with Gasteiger partial charge < -0.3 is 9.84 Å². The summed E-state index contributed by atoms with van der Waals surface area (Å²) in [6.45, 7) is 5.67. The van der Waals surface area contributed by atoms with Gasteiger partial charge in [0.2, 0.25) is 5.91 Å². The summed E-state index contributed by atoms with van der Waals surface area (Å²) in [5, 5.41) is 15.7. The van der Waals surface area contributed by atoms with Crippen molar-refractivity contribution in [3.63, 3.8) is 0 Å². The molecule has 0 radical (unpaired) electrons. The molecular formula is C15H16N4O2S. The number of aryl methyl sites for hydroxylation is 1.